The Hall–Kier alpha value is -0.410. The van der Waals surface area contributed by atoms with Crippen molar-refractivity contribution in [3.8, 4) is 0 Å². The Balaban J connectivity index is 2.52. The lowest BCUT2D eigenvalue weighted by Gasteiger charge is -2.02. The van der Waals surface area contributed by atoms with Crippen molar-refractivity contribution >= 4 is 15.9 Å². The molecule has 11 heavy (non-hydrogen) atoms. The number of pyridine rings is 1. The van der Waals surface area contributed by atoms with E-state index in [9.17, 15) is 0 Å². The van der Waals surface area contributed by atoms with Gasteiger partial charge in [0.15, 0.2) is 0 Å². The molecule has 0 saturated heterocycles. The predicted molar refractivity (Wildman–Crippen MR) is 47.2 cm³/mol. The molecule has 1 aromatic rings. The average molecular weight is 213 g/mol. The molecular formula is C8H9BrN2. The number of nitrogens with zero attached hydrogens (tertiary/aromatic N) is 1. The summed E-state index contributed by atoms with van der Waals surface area (Å²) in [4.78, 5) is 4.28. The molecule has 0 fully saturated rings. The third-order valence-corrected chi connectivity index (χ3v) is 2.50. The Bertz CT molecular complexity index is 285. The van der Waals surface area contributed by atoms with E-state index in [4.69, 9.17) is 5.73 Å². The Morgan fingerprint density at radius 2 is 2.45 bits per heavy atom. The van der Waals surface area contributed by atoms with Crippen LogP contribution in [0.5, 0.6) is 0 Å². The van der Waals surface area contributed by atoms with Gasteiger partial charge in [-0.25, -0.2) is 0 Å². The summed E-state index contributed by atoms with van der Waals surface area (Å²) in [5.74, 6) is 0. The molecule has 2 N–H and O–H groups in total. The Morgan fingerprint density at radius 1 is 1.64 bits per heavy atom. The monoisotopic (exact) mass is 212 g/mol. The first-order valence-electron chi connectivity index (χ1n) is 3.67. The quantitative estimate of drug-likeness (QED) is 0.713. The van der Waals surface area contributed by atoms with E-state index in [1.807, 2.05) is 6.20 Å². The zero-order chi connectivity index (χ0) is 7.84. The fourth-order valence-corrected chi connectivity index (χ4v) is 1.81. The summed E-state index contributed by atoms with van der Waals surface area (Å²) in [6.07, 6.45) is 3.90. The molecule has 1 aromatic heterocycles. The Morgan fingerprint density at radius 3 is 3.27 bits per heavy atom. The van der Waals surface area contributed by atoms with Gasteiger partial charge in [-0.2, -0.15) is 0 Å². The number of rotatable bonds is 0. The highest BCUT2D eigenvalue weighted by molar-refractivity contribution is 9.10. The largest absolute Gasteiger partial charge is 0.324 e. The number of hydrogen-bond acceptors (Lipinski definition) is 2. The van der Waals surface area contributed by atoms with E-state index in [0.29, 0.717) is 0 Å². The number of hydrogen-bond donors (Lipinski definition) is 1. The minimum Gasteiger partial charge on any atom is -0.324 e. The van der Waals surface area contributed by atoms with E-state index in [1.165, 1.54) is 11.3 Å². The second-order valence-corrected chi connectivity index (χ2v) is 3.75. The van der Waals surface area contributed by atoms with Gasteiger partial charge >= 0.3 is 0 Å². The third kappa shape index (κ3) is 1.19. The molecule has 0 saturated carbocycles. The first kappa shape index (κ1) is 7.25. The zero-order valence-corrected chi connectivity index (χ0v) is 7.63. The standard InChI is InChI=1S/C8H9BrN2/c9-5-3-6-7(10)1-2-8(6)11-4-5/h3-4,7H,1-2,10H2/t7-/m0/s1. The van der Waals surface area contributed by atoms with Crippen molar-refractivity contribution in [2.24, 2.45) is 5.73 Å². The van der Waals surface area contributed by atoms with Crippen molar-refractivity contribution in [1.82, 2.24) is 4.98 Å². The molecule has 0 amide bonds. The van der Waals surface area contributed by atoms with Gasteiger partial charge < -0.3 is 5.73 Å². The highest BCUT2D eigenvalue weighted by atomic mass is 79.9. The topological polar surface area (TPSA) is 38.9 Å². The molecule has 0 aromatic carbocycles. The van der Waals surface area contributed by atoms with Crippen LogP contribution in [0.2, 0.25) is 0 Å². The molecule has 1 aliphatic carbocycles. The van der Waals surface area contributed by atoms with Gasteiger partial charge in [0.25, 0.3) is 0 Å². The molecule has 0 bridgehead atoms. The van der Waals surface area contributed by atoms with Crippen LogP contribution in [0.3, 0.4) is 0 Å². The number of aromatic nitrogens is 1. The Labute approximate surface area is 73.9 Å². The van der Waals surface area contributed by atoms with E-state index in [2.05, 4.69) is 27.0 Å². The summed E-state index contributed by atoms with van der Waals surface area (Å²) >= 11 is 3.37. The fraction of sp³-hybridized carbons (Fsp3) is 0.375. The fourth-order valence-electron chi connectivity index (χ4n) is 1.46. The van der Waals surface area contributed by atoms with Gasteiger partial charge in [0.2, 0.25) is 0 Å². The first-order valence-corrected chi connectivity index (χ1v) is 4.46. The van der Waals surface area contributed by atoms with E-state index < -0.39 is 0 Å². The van der Waals surface area contributed by atoms with E-state index in [-0.39, 0.29) is 6.04 Å². The van der Waals surface area contributed by atoms with Crippen molar-refractivity contribution in [2.75, 3.05) is 0 Å². The zero-order valence-electron chi connectivity index (χ0n) is 6.05. The number of nitrogens with two attached hydrogens (primary N) is 1. The summed E-state index contributed by atoms with van der Waals surface area (Å²) in [7, 11) is 0. The van der Waals surface area contributed by atoms with E-state index in [0.717, 1.165) is 17.3 Å². The van der Waals surface area contributed by atoms with Gasteiger partial charge in [0.1, 0.15) is 0 Å². The van der Waals surface area contributed by atoms with Crippen LogP contribution in [0.1, 0.15) is 23.7 Å². The lowest BCUT2D eigenvalue weighted by Crippen LogP contribution is -2.05. The molecule has 1 aliphatic rings. The average Bonchev–Trinajstić information content (AvgIpc) is 2.33. The summed E-state index contributed by atoms with van der Waals surface area (Å²) in [6, 6.07) is 2.27. The van der Waals surface area contributed by atoms with Crippen LogP contribution in [0, 0.1) is 0 Å². The van der Waals surface area contributed by atoms with Crippen LogP contribution in [0.15, 0.2) is 16.7 Å². The lowest BCUT2D eigenvalue weighted by atomic mass is 10.2. The van der Waals surface area contributed by atoms with E-state index in [1.54, 1.807) is 0 Å². The maximum atomic E-state index is 5.85. The second kappa shape index (κ2) is 2.57. The van der Waals surface area contributed by atoms with Crippen LogP contribution >= 0.6 is 15.9 Å². The second-order valence-electron chi connectivity index (χ2n) is 2.83. The molecule has 0 unspecified atom stereocenters. The third-order valence-electron chi connectivity index (χ3n) is 2.06. The number of aryl methyl sites for hydroxylation is 1. The molecule has 0 aliphatic heterocycles. The van der Waals surface area contributed by atoms with Crippen molar-refractivity contribution in [1.29, 1.82) is 0 Å². The van der Waals surface area contributed by atoms with Crippen LogP contribution in [0.4, 0.5) is 0 Å². The molecule has 0 spiro atoms. The van der Waals surface area contributed by atoms with Crippen LogP contribution in [-0.4, -0.2) is 4.98 Å². The van der Waals surface area contributed by atoms with Crippen LogP contribution < -0.4 is 5.73 Å². The van der Waals surface area contributed by atoms with Crippen LogP contribution in [-0.2, 0) is 6.42 Å². The van der Waals surface area contributed by atoms with Crippen molar-refractivity contribution in [3.63, 3.8) is 0 Å². The van der Waals surface area contributed by atoms with E-state index >= 15 is 0 Å². The summed E-state index contributed by atoms with van der Waals surface area (Å²) < 4.78 is 1.02. The predicted octanol–water partition coefficient (Wildman–Crippen LogP) is 1.79. The molecule has 2 rings (SSSR count). The maximum Gasteiger partial charge on any atom is 0.0452 e. The van der Waals surface area contributed by atoms with Crippen LogP contribution in [0.25, 0.3) is 0 Å². The number of fused-ring (bicyclic) bond motifs is 1. The summed E-state index contributed by atoms with van der Waals surface area (Å²) in [5.41, 5.74) is 8.23. The van der Waals surface area contributed by atoms with Gasteiger partial charge in [-0.05, 0) is 40.4 Å². The molecule has 1 atom stereocenters. The molecule has 3 heteroatoms. The highest BCUT2D eigenvalue weighted by Crippen LogP contribution is 2.29. The maximum absolute atomic E-state index is 5.85. The molecule has 0 radical (unpaired) electrons. The van der Waals surface area contributed by atoms with Crippen molar-refractivity contribution in [3.05, 3.63) is 28.0 Å². The highest BCUT2D eigenvalue weighted by Gasteiger charge is 2.19. The van der Waals surface area contributed by atoms with Gasteiger partial charge in [-0.1, -0.05) is 0 Å². The smallest absolute Gasteiger partial charge is 0.0452 e. The van der Waals surface area contributed by atoms with Gasteiger partial charge in [-0.15, -0.1) is 0 Å². The van der Waals surface area contributed by atoms with Gasteiger partial charge in [0, 0.05) is 22.4 Å². The molecular weight excluding hydrogens is 204 g/mol. The van der Waals surface area contributed by atoms with Gasteiger partial charge in [-0.3, -0.25) is 4.98 Å². The van der Waals surface area contributed by atoms with Gasteiger partial charge in [0.05, 0.1) is 0 Å². The molecule has 2 nitrogen and oxygen atoms in total. The number of halogens is 1. The minimum atomic E-state index is 0.204. The normalized spacial score (nSPS) is 21.8. The molecule has 1 heterocycles. The SMILES string of the molecule is N[C@H]1CCc2ncc(Br)cc21. The minimum absolute atomic E-state index is 0.204. The van der Waals surface area contributed by atoms with Crippen molar-refractivity contribution in [2.45, 2.75) is 18.9 Å². The van der Waals surface area contributed by atoms with Crippen molar-refractivity contribution < 1.29 is 0 Å². The summed E-state index contributed by atoms with van der Waals surface area (Å²) in [5, 5.41) is 0. The summed E-state index contributed by atoms with van der Waals surface area (Å²) in [6.45, 7) is 0. The Kier molecular flexibility index (Phi) is 1.69. The first-order chi connectivity index (χ1) is 5.27. The lowest BCUT2D eigenvalue weighted by molar-refractivity contribution is 0.712. The molecule has 58 valence electrons.